The van der Waals surface area contributed by atoms with E-state index in [1.807, 2.05) is 12.1 Å². The van der Waals surface area contributed by atoms with Crippen molar-refractivity contribution in [2.75, 3.05) is 0 Å². The number of aromatic nitrogens is 3. The lowest BCUT2D eigenvalue weighted by atomic mass is 9.41. The molecule has 136 valence electrons. The highest BCUT2D eigenvalue weighted by molar-refractivity contribution is 7.20. The summed E-state index contributed by atoms with van der Waals surface area (Å²) in [6, 6.07) is 6.02. The predicted octanol–water partition coefficient (Wildman–Crippen LogP) is 4.82. The molecule has 0 bridgehead atoms. The Morgan fingerprint density at radius 2 is 2.04 bits per heavy atom. The molecule has 3 aromatic heterocycles. The summed E-state index contributed by atoms with van der Waals surface area (Å²) in [5.74, 6) is 3.39. The Bertz CT molecular complexity index is 1250. The summed E-state index contributed by atoms with van der Waals surface area (Å²) < 4.78 is 7.70. The number of benzene rings is 1. The van der Waals surface area contributed by atoms with Gasteiger partial charge in [0, 0.05) is 31.2 Å². The van der Waals surface area contributed by atoms with Crippen LogP contribution in [0.1, 0.15) is 35.9 Å². The smallest absolute Gasteiger partial charge is 0.267 e. The van der Waals surface area contributed by atoms with Crippen molar-refractivity contribution in [3.8, 4) is 22.5 Å². The van der Waals surface area contributed by atoms with Gasteiger partial charge in [0.2, 0.25) is 0 Å². The molecule has 1 aliphatic rings. The van der Waals surface area contributed by atoms with Gasteiger partial charge in [-0.25, -0.2) is 15.2 Å². The number of rotatable bonds is 2. The van der Waals surface area contributed by atoms with Crippen molar-refractivity contribution in [3.05, 3.63) is 41.7 Å². The van der Waals surface area contributed by atoms with Crippen LogP contribution in [-0.4, -0.2) is 21.1 Å². The van der Waals surface area contributed by atoms with Crippen LogP contribution in [0.2, 0.25) is 12.6 Å². The van der Waals surface area contributed by atoms with Gasteiger partial charge in [-0.3, -0.25) is 4.40 Å². The Morgan fingerprint density at radius 1 is 1.21 bits per heavy atom. The van der Waals surface area contributed by atoms with E-state index in [1.165, 1.54) is 0 Å². The molecule has 1 saturated heterocycles. The van der Waals surface area contributed by atoms with Crippen LogP contribution in [0.3, 0.4) is 0 Å². The number of nitrogens with zero attached hydrogens (tertiary/aromatic N) is 5. The second-order valence-corrected chi connectivity index (χ2v) is 8.35. The van der Waals surface area contributed by atoms with Crippen molar-refractivity contribution in [2.24, 2.45) is 0 Å². The van der Waals surface area contributed by atoms with Gasteiger partial charge >= 0.3 is 0 Å². The maximum Gasteiger partial charge on any atom is 0.267 e. The van der Waals surface area contributed by atoms with Crippen LogP contribution in [0.25, 0.3) is 26.5 Å². The zero-order valence-corrected chi connectivity index (χ0v) is 16.2. The monoisotopic (exact) mass is 385 g/mol. The van der Waals surface area contributed by atoms with E-state index in [1.54, 1.807) is 18.3 Å². The fourth-order valence-corrected chi connectivity index (χ4v) is 4.99. The minimum absolute atomic E-state index is 0.204. The molecule has 4 aromatic rings. The van der Waals surface area contributed by atoms with Gasteiger partial charge in [-0.15, -0.1) is 0 Å². The van der Waals surface area contributed by atoms with E-state index in [0.29, 0.717) is 28.5 Å². The molecule has 1 aromatic carbocycles. The molecule has 0 unspecified atom stereocenters. The van der Waals surface area contributed by atoms with Gasteiger partial charge in [0.05, 0.1) is 16.1 Å². The van der Waals surface area contributed by atoms with Gasteiger partial charge in [0.1, 0.15) is 11.6 Å². The standard InChI is InChI=1S/C20H16BN5OS/c1-12-24-19-15(8-22)6-14(7-17(19)27-12)18-10-26-9-16(25-20(26)28-18)13-2-4-21(11-23)5-3-13/h6-7,9-10,13H,2-5H2,1H3. The first-order chi connectivity index (χ1) is 13.6. The van der Waals surface area contributed by atoms with Crippen molar-refractivity contribution in [1.82, 2.24) is 14.4 Å². The largest absolute Gasteiger partial charge is 0.441 e. The van der Waals surface area contributed by atoms with Crippen LogP contribution in [-0.2, 0) is 0 Å². The van der Waals surface area contributed by atoms with Crippen LogP contribution in [0.5, 0.6) is 0 Å². The molecule has 0 aliphatic carbocycles. The maximum atomic E-state index is 9.47. The number of oxazole rings is 1. The normalized spacial score (nSPS) is 15.2. The lowest BCUT2D eigenvalue weighted by Gasteiger charge is -2.21. The van der Waals surface area contributed by atoms with Crippen LogP contribution in [0, 0.1) is 29.5 Å². The van der Waals surface area contributed by atoms with Gasteiger partial charge in [-0.05, 0) is 17.7 Å². The van der Waals surface area contributed by atoms with E-state index >= 15 is 0 Å². The highest BCUT2D eigenvalue weighted by Gasteiger charge is 2.27. The topological polar surface area (TPSA) is 90.9 Å². The van der Waals surface area contributed by atoms with E-state index < -0.39 is 0 Å². The van der Waals surface area contributed by atoms with Gasteiger partial charge < -0.3 is 4.42 Å². The van der Waals surface area contributed by atoms with Crippen molar-refractivity contribution < 1.29 is 4.42 Å². The molecular weight excluding hydrogens is 369 g/mol. The summed E-state index contributed by atoms with van der Waals surface area (Å²) in [7, 11) is 0. The molecule has 8 heteroatoms. The minimum Gasteiger partial charge on any atom is -0.441 e. The first-order valence-electron chi connectivity index (χ1n) is 9.34. The number of fused-ring (bicyclic) bond motifs is 2. The summed E-state index contributed by atoms with van der Waals surface area (Å²) in [5, 5.41) is 18.5. The van der Waals surface area contributed by atoms with E-state index in [0.717, 1.165) is 46.6 Å². The van der Waals surface area contributed by atoms with Gasteiger partial charge in [-0.1, -0.05) is 36.8 Å². The van der Waals surface area contributed by atoms with Gasteiger partial charge in [0.15, 0.2) is 16.4 Å². The number of thiazole rings is 1. The molecule has 0 spiro atoms. The summed E-state index contributed by atoms with van der Waals surface area (Å²) in [4.78, 5) is 11.1. The summed E-state index contributed by atoms with van der Waals surface area (Å²) in [6.45, 7) is 1.99. The fraction of sp³-hybridized carbons (Fsp3) is 0.300. The van der Waals surface area contributed by atoms with Crippen molar-refractivity contribution in [3.63, 3.8) is 0 Å². The first kappa shape index (κ1) is 17.0. The van der Waals surface area contributed by atoms with E-state index in [-0.39, 0.29) is 6.71 Å². The lowest BCUT2D eigenvalue weighted by molar-refractivity contribution is 0.561. The molecule has 6 nitrogen and oxygen atoms in total. The van der Waals surface area contributed by atoms with Crippen molar-refractivity contribution in [2.45, 2.75) is 38.3 Å². The summed E-state index contributed by atoms with van der Waals surface area (Å²) in [5.41, 5.74) is 3.82. The third-order valence-corrected chi connectivity index (χ3v) is 6.56. The molecular formula is C20H16BN5OS. The number of hydrogen-bond donors (Lipinski definition) is 0. The van der Waals surface area contributed by atoms with E-state index in [2.05, 4.69) is 33.8 Å². The van der Waals surface area contributed by atoms with Crippen LogP contribution >= 0.6 is 11.3 Å². The van der Waals surface area contributed by atoms with Gasteiger partial charge in [0.25, 0.3) is 6.71 Å². The summed E-state index contributed by atoms with van der Waals surface area (Å²) in [6.07, 6.45) is 8.15. The molecule has 0 atom stereocenters. The van der Waals surface area contributed by atoms with E-state index in [9.17, 15) is 5.26 Å². The zero-order valence-electron chi connectivity index (χ0n) is 15.3. The molecule has 0 amide bonds. The Hall–Kier alpha value is -3.10. The fourth-order valence-electron chi connectivity index (χ4n) is 4.03. The second kappa shape index (κ2) is 6.51. The van der Waals surface area contributed by atoms with Crippen molar-refractivity contribution in [1.29, 1.82) is 10.5 Å². The molecule has 0 saturated carbocycles. The Labute approximate surface area is 166 Å². The minimum atomic E-state index is 0.204. The molecule has 28 heavy (non-hydrogen) atoms. The quantitative estimate of drug-likeness (QED) is 0.462. The Morgan fingerprint density at radius 3 is 2.75 bits per heavy atom. The number of aryl methyl sites for hydroxylation is 1. The molecule has 4 heterocycles. The van der Waals surface area contributed by atoms with Gasteiger partial charge in [-0.2, -0.15) is 5.26 Å². The lowest BCUT2D eigenvalue weighted by Crippen LogP contribution is -2.18. The number of hydrogen-bond acceptors (Lipinski definition) is 6. The van der Waals surface area contributed by atoms with Crippen LogP contribution in [0.15, 0.2) is 28.9 Å². The SMILES string of the molecule is Cc1nc2c(C#N)cc(-c3cn4cc(C5CCB(C#N)CC5)nc4s3)cc2o1. The highest BCUT2D eigenvalue weighted by atomic mass is 32.1. The molecule has 1 aliphatic heterocycles. The van der Waals surface area contributed by atoms with Crippen molar-refractivity contribution >= 4 is 34.1 Å². The Balaban J connectivity index is 1.48. The average Bonchev–Trinajstić information content (AvgIpc) is 3.39. The molecule has 1 fully saturated rings. The third-order valence-electron chi connectivity index (χ3n) is 5.51. The number of nitriles is 2. The van der Waals surface area contributed by atoms with Crippen LogP contribution in [0.4, 0.5) is 0 Å². The molecule has 5 rings (SSSR count). The summed E-state index contributed by atoms with van der Waals surface area (Å²) >= 11 is 1.60. The predicted molar refractivity (Wildman–Crippen MR) is 108 cm³/mol. The molecule has 0 radical (unpaired) electrons. The first-order valence-corrected chi connectivity index (χ1v) is 10.2. The highest BCUT2D eigenvalue weighted by Crippen LogP contribution is 2.36. The Kier molecular flexibility index (Phi) is 3.96. The second-order valence-electron chi connectivity index (χ2n) is 7.34. The van der Waals surface area contributed by atoms with E-state index in [4.69, 9.17) is 14.7 Å². The average molecular weight is 385 g/mol. The van der Waals surface area contributed by atoms with Crippen LogP contribution < -0.4 is 0 Å². The third kappa shape index (κ3) is 2.78. The maximum absolute atomic E-state index is 9.47. The zero-order chi connectivity index (χ0) is 19.3. The molecule has 0 N–H and O–H groups in total. The number of imidazole rings is 1.